The van der Waals surface area contributed by atoms with Crippen molar-refractivity contribution >= 4 is 23.6 Å². The van der Waals surface area contributed by atoms with Gasteiger partial charge in [0.05, 0.1) is 12.5 Å². The minimum absolute atomic E-state index is 0.0566. The summed E-state index contributed by atoms with van der Waals surface area (Å²) in [4.78, 5) is 46.3. The van der Waals surface area contributed by atoms with Crippen LogP contribution >= 0.6 is 0 Å². The van der Waals surface area contributed by atoms with Gasteiger partial charge in [0.2, 0.25) is 11.8 Å². The summed E-state index contributed by atoms with van der Waals surface area (Å²) in [5.74, 6) is -2.50. The Kier molecular flexibility index (Phi) is 5.89. The zero-order chi connectivity index (χ0) is 17.5. The van der Waals surface area contributed by atoms with E-state index < -0.39 is 23.8 Å². The highest BCUT2D eigenvalue weighted by Gasteiger charge is 2.26. The number of carbonyl (C=O) groups excluding carboxylic acids is 4. The number of rotatable bonds is 5. The molecule has 0 spiro atoms. The number of benzene rings is 1. The van der Waals surface area contributed by atoms with Gasteiger partial charge in [-0.3, -0.25) is 30.0 Å². The first-order valence-electron chi connectivity index (χ1n) is 7.67. The molecule has 0 radical (unpaired) electrons. The molecule has 1 saturated carbocycles. The average molecular weight is 332 g/mol. The van der Waals surface area contributed by atoms with E-state index in [1.54, 1.807) is 24.3 Å². The summed E-state index contributed by atoms with van der Waals surface area (Å²) in [6.07, 6.45) is 1.65. The highest BCUT2D eigenvalue weighted by molar-refractivity contribution is 6.35. The lowest BCUT2D eigenvalue weighted by molar-refractivity contribution is -0.141. The van der Waals surface area contributed by atoms with Gasteiger partial charge in [-0.05, 0) is 18.4 Å². The topological polar surface area (TPSA) is 116 Å². The van der Waals surface area contributed by atoms with Gasteiger partial charge in [0.1, 0.15) is 0 Å². The molecule has 8 nitrogen and oxygen atoms in total. The Balaban J connectivity index is 1.84. The van der Waals surface area contributed by atoms with E-state index in [0.29, 0.717) is 0 Å². The second-order valence-electron chi connectivity index (χ2n) is 5.62. The van der Waals surface area contributed by atoms with Crippen LogP contribution in [0.3, 0.4) is 0 Å². The molecule has 2 rings (SSSR count). The Labute approximate surface area is 139 Å². The molecule has 0 aromatic heterocycles. The summed E-state index contributed by atoms with van der Waals surface area (Å²) in [6, 6.07) is 8.53. The fourth-order valence-electron chi connectivity index (χ4n) is 2.08. The van der Waals surface area contributed by atoms with Crippen molar-refractivity contribution in [2.45, 2.75) is 38.3 Å². The molecule has 1 aromatic rings. The van der Waals surface area contributed by atoms with Gasteiger partial charge in [0.25, 0.3) is 0 Å². The minimum Gasteiger partial charge on any atom is -0.349 e. The van der Waals surface area contributed by atoms with Crippen LogP contribution in [0.2, 0.25) is 0 Å². The Morgan fingerprint density at radius 2 is 1.71 bits per heavy atom. The second kappa shape index (κ2) is 8.09. The average Bonchev–Trinajstić information content (AvgIpc) is 3.36. The third-order valence-corrected chi connectivity index (χ3v) is 3.40. The van der Waals surface area contributed by atoms with Gasteiger partial charge in [0.15, 0.2) is 0 Å². The zero-order valence-corrected chi connectivity index (χ0v) is 13.3. The standard InChI is InChI=1S/C16H20N4O4/c1-10(21)17-13(11-5-3-2-4-6-11)9-14(22)19-20-16(24)15(23)18-12-7-8-12/h2-6,12-13H,7-9H2,1H3,(H,17,21)(H,18,23)(H,19,22)(H,20,24)/t13-/m1/s1. The van der Waals surface area contributed by atoms with Crippen LogP contribution < -0.4 is 21.5 Å². The van der Waals surface area contributed by atoms with E-state index in [9.17, 15) is 19.2 Å². The van der Waals surface area contributed by atoms with Crippen molar-refractivity contribution in [3.63, 3.8) is 0 Å². The van der Waals surface area contributed by atoms with Gasteiger partial charge < -0.3 is 10.6 Å². The predicted octanol–water partition coefficient (Wildman–Crippen LogP) is -0.320. The van der Waals surface area contributed by atoms with E-state index in [1.165, 1.54) is 6.92 Å². The van der Waals surface area contributed by atoms with Crippen molar-refractivity contribution in [3.05, 3.63) is 35.9 Å². The molecule has 0 bridgehead atoms. The van der Waals surface area contributed by atoms with Gasteiger partial charge >= 0.3 is 11.8 Å². The fraction of sp³-hybridized carbons (Fsp3) is 0.375. The van der Waals surface area contributed by atoms with Crippen molar-refractivity contribution in [3.8, 4) is 0 Å². The van der Waals surface area contributed by atoms with E-state index in [4.69, 9.17) is 0 Å². The first-order chi connectivity index (χ1) is 11.5. The normalized spacial score (nSPS) is 14.2. The van der Waals surface area contributed by atoms with E-state index >= 15 is 0 Å². The molecule has 1 aliphatic rings. The molecular weight excluding hydrogens is 312 g/mol. The SMILES string of the molecule is CC(=O)N[C@H](CC(=O)NNC(=O)C(=O)NC1CC1)c1ccccc1. The van der Waals surface area contributed by atoms with Crippen molar-refractivity contribution in [2.75, 3.05) is 0 Å². The van der Waals surface area contributed by atoms with E-state index in [2.05, 4.69) is 21.5 Å². The summed E-state index contributed by atoms with van der Waals surface area (Å²) in [5.41, 5.74) is 5.01. The maximum Gasteiger partial charge on any atom is 0.327 e. The molecule has 1 atom stereocenters. The Bertz CT molecular complexity index is 628. The summed E-state index contributed by atoms with van der Waals surface area (Å²) >= 11 is 0. The third kappa shape index (κ3) is 5.71. The summed E-state index contributed by atoms with van der Waals surface area (Å²) in [5, 5.41) is 5.19. The monoisotopic (exact) mass is 332 g/mol. The second-order valence-corrected chi connectivity index (χ2v) is 5.62. The number of carbonyl (C=O) groups is 4. The summed E-state index contributed by atoms with van der Waals surface area (Å²) in [7, 11) is 0. The Morgan fingerprint density at radius 1 is 1.04 bits per heavy atom. The van der Waals surface area contributed by atoms with Crippen molar-refractivity contribution < 1.29 is 19.2 Å². The first-order valence-corrected chi connectivity index (χ1v) is 7.67. The number of hydrogen-bond acceptors (Lipinski definition) is 4. The van der Waals surface area contributed by atoms with Crippen LogP contribution in [0.1, 0.15) is 37.8 Å². The maximum atomic E-state index is 12.0. The lowest BCUT2D eigenvalue weighted by Crippen LogP contribution is -2.49. The van der Waals surface area contributed by atoms with Crippen LogP contribution in [0, 0.1) is 0 Å². The van der Waals surface area contributed by atoms with Crippen molar-refractivity contribution in [1.82, 2.24) is 21.5 Å². The van der Waals surface area contributed by atoms with Gasteiger partial charge in [0, 0.05) is 13.0 Å². The molecule has 1 fully saturated rings. The number of amides is 4. The van der Waals surface area contributed by atoms with E-state index in [0.717, 1.165) is 18.4 Å². The maximum absolute atomic E-state index is 12.0. The van der Waals surface area contributed by atoms with Crippen LogP contribution in [-0.2, 0) is 19.2 Å². The molecule has 4 N–H and O–H groups in total. The number of hydrogen-bond donors (Lipinski definition) is 4. The Morgan fingerprint density at radius 3 is 2.29 bits per heavy atom. The van der Waals surface area contributed by atoms with Crippen LogP contribution in [0.25, 0.3) is 0 Å². The van der Waals surface area contributed by atoms with Crippen LogP contribution in [0.15, 0.2) is 30.3 Å². The molecule has 1 aliphatic carbocycles. The molecule has 0 saturated heterocycles. The summed E-state index contributed by atoms with van der Waals surface area (Å²) < 4.78 is 0. The molecule has 4 amide bonds. The van der Waals surface area contributed by atoms with Crippen molar-refractivity contribution in [1.29, 1.82) is 0 Å². The highest BCUT2D eigenvalue weighted by Crippen LogP contribution is 2.18. The molecule has 1 aromatic carbocycles. The molecule has 0 heterocycles. The highest BCUT2D eigenvalue weighted by atomic mass is 16.2. The molecule has 0 aliphatic heterocycles. The van der Waals surface area contributed by atoms with Gasteiger partial charge in [-0.25, -0.2) is 0 Å². The molecule has 8 heteroatoms. The van der Waals surface area contributed by atoms with Crippen LogP contribution in [0.4, 0.5) is 0 Å². The largest absolute Gasteiger partial charge is 0.349 e. The van der Waals surface area contributed by atoms with Crippen LogP contribution in [0.5, 0.6) is 0 Å². The molecular formula is C16H20N4O4. The third-order valence-electron chi connectivity index (χ3n) is 3.40. The lowest BCUT2D eigenvalue weighted by Gasteiger charge is -2.18. The quantitative estimate of drug-likeness (QED) is 0.437. The summed E-state index contributed by atoms with van der Waals surface area (Å²) in [6.45, 7) is 1.36. The molecule has 24 heavy (non-hydrogen) atoms. The van der Waals surface area contributed by atoms with Crippen LogP contribution in [-0.4, -0.2) is 29.7 Å². The van der Waals surface area contributed by atoms with Crippen molar-refractivity contribution in [2.24, 2.45) is 0 Å². The molecule has 0 unspecified atom stereocenters. The van der Waals surface area contributed by atoms with Gasteiger partial charge in [-0.2, -0.15) is 0 Å². The zero-order valence-electron chi connectivity index (χ0n) is 13.3. The van der Waals surface area contributed by atoms with Gasteiger partial charge in [-0.1, -0.05) is 30.3 Å². The van der Waals surface area contributed by atoms with E-state index in [1.807, 2.05) is 6.07 Å². The Hall–Kier alpha value is -2.90. The number of nitrogens with one attached hydrogen (secondary N) is 4. The van der Waals surface area contributed by atoms with E-state index in [-0.39, 0.29) is 18.4 Å². The molecule has 128 valence electrons. The first kappa shape index (κ1) is 17.5. The number of hydrazine groups is 1. The minimum atomic E-state index is -0.925. The lowest BCUT2D eigenvalue weighted by atomic mass is 10.0. The smallest absolute Gasteiger partial charge is 0.327 e. The fourth-order valence-corrected chi connectivity index (χ4v) is 2.08. The predicted molar refractivity (Wildman–Crippen MR) is 85.1 cm³/mol. The van der Waals surface area contributed by atoms with Gasteiger partial charge in [-0.15, -0.1) is 0 Å².